The van der Waals surface area contributed by atoms with Gasteiger partial charge in [-0.25, -0.2) is 14.4 Å². The van der Waals surface area contributed by atoms with Gasteiger partial charge in [0, 0.05) is 39.2 Å². The number of halogens is 2. The molecule has 1 N–H and O–H groups in total. The average Bonchev–Trinajstić information content (AvgIpc) is 3.08. The molecule has 0 spiro atoms. The second-order valence-corrected chi connectivity index (χ2v) is 6.32. The van der Waals surface area contributed by atoms with Crippen molar-refractivity contribution >= 4 is 39.0 Å². The summed E-state index contributed by atoms with van der Waals surface area (Å²) in [6.45, 7) is -11.1. The zero-order valence-corrected chi connectivity index (χ0v) is 13.8. The number of nitrogens with zero attached hydrogens (tertiary/aromatic N) is 3. The summed E-state index contributed by atoms with van der Waals surface area (Å²) in [6, 6.07) is -0.811. The molecular formula is C18H18ClFN4S. The van der Waals surface area contributed by atoms with Gasteiger partial charge in [0.2, 0.25) is 0 Å². The largest absolute Gasteiger partial charge is 0.367 e. The van der Waals surface area contributed by atoms with Crippen LogP contribution < -0.4 is 5.31 Å². The van der Waals surface area contributed by atoms with Crippen molar-refractivity contribution in [1.29, 1.82) is 0 Å². The van der Waals surface area contributed by atoms with E-state index in [1.807, 2.05) is 0 Å². The van der Waals surface area contributed by atoms with Gasteiger partial charge in [-0.05, 0) is 36.5 Å². The van der Waals surface area contributed by atoms with Gasteiger partial charge in [0.25, 0.3) is 0 Å². The lowest BCUT2D eigenvalue weighted by molar-refractivity contribution is 0.211. The number of piperidine rings is 1. The number of likely N-dealkylation sites (tertiary alicyclic amines) is 1. The standard InChI is InChI=1S/C18H18ClFN4S/c19-16-9-15-17(21-11-22-18(15)25-16)23-14-4-6-24(7-5-14)10-12-2-1-3-13(20)8-12/h1-3,8-9,11,14H,4-7,10H2,(H,21,22,23)/i4D2,5D2,6D2,7D2,9D,10D2,11D,14D/hD. The lowest BCUT2D eigenvalue weighted by atomic mass is 10.0. The van der Waals surface area contributed by atoms with E-state index in [1.165, 1.54) is 0 Å². The molecule has 130 valence electrons. The maximum atomic E-state index is 13.9. The highest BCUT2D eigenvalue weighted by molar-refractivity contribution is 7.22. The molecule has 25 heavy (non-hydrogen) atoms. The Morgan fingerprint density at radius 1 is 1.52 bits per heavy atom. The molecule has 0 atom stereocenters. The van der Waals surface area contributed by atoms with Gasteiger partial charge in [-0.15, -0.1) is 11.3 Å². The van der Waals surface area contributed by atoms with Crippen LogP contribution in [0.4, 0.5) is 10.2 Å². The van der Waals surface area contributed by atoms with Crippen molar-refractivity contribution in [2.75, 3.05) is 18.3 Å². The minimum Gasteiger partial charge on any atom is -0.367 e. The molecule has 0 radical (unpaired) electrons. The average molecular weight is 391 g/mol. The second kappa shape index (κ2) is 7.23. The number of nitrogens with one attached hydrogen (secondary N) is 1. The van der Waals surface area contributed by atoms with Gasteiger partial charge in [-0.3, -0.25) is 4.90 Å². The van der Waals surface area contributed by atoms with Crippen molar-refractivity contribution in [2.24, 2.45) is 0 Å². The molecule has 0 bridgehead atoms. The lowest BCUT2D eigenvalue weighted by Crippen LogP contribution is -2.38. The minimum absolute atomic E-state index is 0.145. The minimum atomic E-state index is -3.95. The van der Waals surface area contributed by atoms with Gasteiger partial charge in [0.05, 0.1) is 12.5 Å². The number of hydrogen-bond acceptors (Lipinski definition) is 5. The molecule has 3 heterocycles. The zero-order valence-electron chi connectivity index (χ0n) is 26.3. The quantitative estimate of drug-likeness (QED) is 0.708. The lowest BCUT2D eigenvalue weighted by Gasteiger charge is -2.32. The van der Waals surface area contributed by atoms with Gasteiger partial charge in [-0.1, -0.05) is 23.7 Å². The fraction of sp³-hybridized carbons (Fsp3) is 0.333. The highest BCUT2D eigenvalue weighted by Gasteiger charge is 2.20. The maximum Gasteiger partial charge on any atom is 0.162 e. The van der Waals surface area contributed by atoms with Crippen LogP contribution in [0.15, 0.2) is 36.6 Å². The fourth-order valence-corrected chi connectivity index (χ4v) is 2.95. The summed E-state index contributed by atoms with van der Waals surface area (Å²) in [5.74, 6) is -1.86. The van der Waals surface area contributed by atoms with Crippen LogP contribution in [-0.4, -0.2) is 33.9 Å². The smallest absolute Gasteiger partial charge is 0.162 e. The number of hydrogen-bond donors (Lipinski definition) is 1. The Morgan fingerprint density at radius 3 is 3.16 bits per heavy atom. The normalized spacial score (nSPS) is 34.5. The number of anilines is 1. The van der Waals surface area contributed by atoms with Crippen LogP contribution in [0.1, 0.15) is 36.1 Å². The summed E-state index contributed by atoms with van der Waals surface area (Å²) in [4.78, 5) is 6.87. The Hall–Kier alpha value is -1.76. The SMILES string of the molecule is [2H]c1nc(N([2H])C2([2H])C([2H])([2H])C([2H])([2H])N(C([2H])([2H])c3cccc(F)c3)C([2H])([2H])C2([2H])[2H])c2c([2H])c(Cl)sc2n1. The summed E-state index contributed by atoms with van der Waals surface area (Å²) < 4.78 is 133. The number of fused-ring (bicyclic) bond motifs is 1. The van der Waals surface area contributed by atoms with Gasteiger partial charge in [0.1, 0.15) is 24.1 Å². The highest BCUT2D eigenvalue weighted by atomic mass is 35.5. The van der Waals surface area contributed by atoms with Gasteiger partial charge < -0.3 is 5.31 Å². The van der Waals surface area contributed by atoms with E-state index in [-0.39, 0.29) is 24.8 Å². The fourth-order valence-electron chi connectivity index (χ4n) is 1.98. The van der Waals surface area contributed by atoms with E-state index in [2.05, 4.69) is 9.97 Å². The van der Waals surface area contributed by atoms with Crippen molar-refractivity contribution in [3.05, 3.63) is 52.3 Å². The van der Waals surface area contributed by atoms with E-state index in [0.29, 0.717) is 17.4 Å². The summed E-state index contributed by atoms with van der Waals surface area (Å²) in [7, 11) is 0. The van der Waals surface area contributed by atoms with E-state index in [0.717, 1.165) is 18.2 Å². The summed E-state index contributed by atoms with van der Waals surface area (Å²) >= 11 is 6.66. The van der Waals surface area contributed by atoms with Crippen LogP contribution in [0.25, 0.3) is 10.2 Å². The third-order valence-electron chi connectivity index (χ3n) is 3.01. The predicted octanol–water partition coefficient (Wildman–Crippen LogP) is 4.56. The van der Waals surface area contributed by atoms with Crippen molar-refractivity contribution in [3.63, 3.8) is 0 Å². The van der Waals surface area contributed by atoms with Crippen LogP contribution >= 0.6 is 22.9 Å². The van der Waals surface area contributed by atoms with Crippen molar-refractivity contribution in [3.8, 4) is 0 Å². The molecule has 0 aliphatic carbocycles. The van der Waals surface area contributed by atoms with Gasteiger partial charge >= 0.3 is 0 Å². The summed E-state index contributed by atoms with van der Waals surface area (Å²) in [5.41, 5.74) is -0.662. The number of thiophene rings is 1. The maximum absolute atomic E-state index is 13.9. The van der Waals surface area contributed by atoms with Crippen LogP contribution in [0.2, 0.25) is 5.75 Å². The van der Waals surface area contributed by atoms with Crippen LogP contribution in [0.5, 0.6) is 0 Å². The number of benzene rings is 1. The molecule has 1 fully saturated rings. The summed E-state index contributed by atoms with van der Waals surface area (Å²) in [5, 5.41) is -0.645. The molecular weight excluding hydrogens is 359 g/mol. The Balaban J connectivity index is 2.01. The first kappa shape index (κ1) is 7.10. The molecule has 0 amide bonds. The molecule has 4 nitrogen and oxygen atoms in total. The molecule has 0 saturated carbocycles. The van der Waals surface area contributed by atoms with Gasteiger partial charge in [0.15, 0.2) is 1.41 Å². The van der Waals surface area contributed by atoms with Crippen LogP contribution in [-0.2, 0) is 6.50 Å². The molecule has 2 aromatic heterocycles. The van der Waals surface area contributed by atoms with Gasteiger partial charge in [-0.2, -0.15) is 0 Å². The van der Waals surface area contributed by atoms with E-state index < -0.39 is 67.8 Å². The van der Waals surface area contributed by atoms with E-state index >= 15 is 0 Å². The van der Waals surface area contributed by atoms with Crippen molar-refractivity contribution < 1.29 is 23.6 Å². The first-order valence-corrected chi connectivity index (χ1v) is 8.06. The van der Waals surface area contributed by atoms with Crippen LogP contribution in [0.3, 0.4) is 0 Å². The number of aromatic nitrogens is 2. The third kappa shape index (κ3) is 3.92. The van der Waals surface area contributed by atoms with Crippen molar-refractivity contribution in [1.82, 2.24) is 14.9 Å². The molecule has 0 unspecified atom stereocenters. The zero-order chi connectivity index (χ0) is 29.7. The highest BCUT2D eigenvalue weighted by Crippen LogP contribution is 2.32. The van der Waals surface area contributed by atoms with Crippen molar-refractivity contribution in [2.45, 2.75) is 25.3 Å². The van der Waals surface area contributed by atoms with E-state index in [9.17, 15) is 4.39 Å². The molecule has 1 aromatic carbocycles. The van der Waals surface area contributed by atoms with Crippen LogP contribution in [0, 0.1) is 5.82 Å². The molecule has 1 aliphatic rings. The second-order valence-electron chi connectivity index (χ2n) is 4.72. The third-order valence-corrected chi connectivity index (χ3v) is 4.11. The monoisotopic (exact) mass is 390 g/mol. The molecule has 1 saturated heterocycles. The molecule has 1 aliphatic heterocycles. The first-order chi connectivity index (χ1) is 17.6. The Kier molecular flexibility index (Phi) is 2.05. The number of rotatable bonds is 4. The Labute approximate surface area is 174 Å². The Morgan fingerprint density at radius 2 is 2.36 bits per heavy atom. The first-order valence-electron chi connectivity index (χ1n) is 13.8. The van der Waals surface area contributed by atoms with E-state index in [1.54, 1.807) is 0 Å². The Bertz CT molecular complexity index is 1440. The molecule has 4 rings (SSSR count). The topological polar surface area (TPSA) is 41.1 Å². The van der Waals surface area contributed by atoms with E-state index in [4.69, 9.17) is 30.8 Å². The molecule has 3 aromatic rings. The predicted molar refractivity (Wildman–Crippen MR) is 101 cm³/mol. The summed E-state index contributed by atoms with van der Waals surface area (Å²) in [6.07, 6.45) is -8.68. The molecule has 7 heteroatoms.